The van der Waals surface area contributed by atoms with Gasteiger partial charge in [0.1, 0.15) is 5.75 Å². The third-order valence-corrected chi connectivity index (χ3v) is 4.18. The number of likely N-dealkylation sites (N-methyl/N-ethyl adjacent to an activating group) is 1. The van der Waals surface area contributed by atoms with E-state index in [1.54, 1.807) is 6.08 Å². The Morgan fingerprint density at radius 3 is 2.95 bits per heavy atom. The van der Waals surface area contributed by atoms with Gasteiger partial charge in [-0.3, -0.25) is 14.5 Å². The van der Waals surface area contributed by atoms with Gasteiger partial charge in [-0.05, 0) is 53.9 Å². The van der Waals surface area contributed by atoms with E-state index in [-0.39, 0.29) is 11.1 Å². The predicted molar refractivity (Wildman–Crippen MR) is 74.0 cm³/mol. The van der Waals surface area contributed by atoms with Crippen molar-refractivity contribution in [2.75, 3.05) is 13.7 Å². The highest BCUT2D eigenvalue weighted by Crippen LogP contribution is 2.32. The second-order valence-electron chi connectivity index (χ2n) is 4.56. The molecule has 0 bridgehead atoms. The van der Waals surface area contributed by atoms with Crippen molar-refractivity contribution in [3.8, 4) is 5.75 Å². The molecule has 2 heterocycles. The Hall–Kier alpha value is -1.75. The number of carbonyl (C=O) groups excluding carboxylic acids is 2. The van der Waals surface area contributed by atoms with Crippen molar-refractivity contribution >= 4 is 29.0 Å². The summed E-state index contributed by atoms with van der Waals surface area (Å²) in [7, 11) is 1.50. The zero-order valence-corrected chi connectivity index (χ0v) is 11.3. The van der Waals surface area contributed by atoms with E-state index in [1.807, 2.05) is 18.2 Å². The van der Waals surface area contributed by atoms with E-state index in [9.17, 15) is 9.59 Å². The molecule has 0 radical (unpaired) electrons. The van der Waals surface area contributed by atoms with Gasteiger partial charge in [-0.25, -0.2) is 0 Å². The van der Waals surface area contributed by atoms with Gasteiger partial charge in [0, 0.05) is 7.05 Å². The number of amides is 2. The summed E-state index contributed by atoms with van der Waals surface area (Å²) < 4.78 is 5.55. The van der Waals surface area contributed by atoms with Crippen LogP contribution in [0.3, 0.4) is 0 Å². The fraction of sp³-hybridized carbons (Fsp3) is 0.286. The molecule has 1 aromatic carbocycles. The first-order valence-electron chi connectivity index (χ1n) is 6.12. The third kappa shape index (κ3) is 2.26. The zero-order valence-electron chi connectivity index (χ0n) is 10.5. The van der Waals surface area contributed by atoms with Crippen LogP contribution in [0, 0.1) is 0 Å². The van der Waals surface area contributed by atoms with Crippen LogP contribution in [0.25, 0.3) is 6.08 Å². The number of hydrogen-bond donors (Lipinski definition) is 0. The minimum atomic E-state index is -0.232. The maximum atomic E-state index is 11.8. The van der Waals surface area contributed by atoms with Crippen LogP contribution in [-0.4, -0.2) is 29.7 Å². The first-order chi connectivity index (χ1) is 9.15. The van der Waals surface area contributed by atoms with Crippen molar-refractivity contribution in [1.82, 2.24) is 4.90 Å². The quantitative estimate of drug-likeness (QED) is 0.739. The second kappa shape index (κ2) is 4.74. The SMILES string of the molecule is CN1C(=O)SC(=Cc2ccc3c(c2)CCCO3)C1=O. The van der Waals surface area contributed by atoms with Crippen LogP contribution in [-0.2, 0) is 11.2 Å². The average Bonchev–Trinajstić information content (AvgIpc) is 2.66. The van der Waals surface area contributed by atoms with Gasteiger partial charge < -0.3 is 4.74 Å². The van der Waals surface area contributed by atoms with Crippen LogP contribution in [0.1, 0.15) is 17.5 Å². The monoisotopic (exact) mass is 275 g/mol. The molecular formula is C14H13NO3S. The molecule has 0 aromatic heterocycles. The summed E-state index contributed by atoms with van der Waals surface area (Å²) in [6.07, 6.45) is 3.78. The molecule has 1 fully saturated rings. The number of ether oxygens (including phenoxy) is 1. The molecule has 0 atom stereocenters. The fourth-order valence-corrected chi connectivity index (χ4v) is 2.99. The largest absolute Gasteiger partial charge is 0.493 e. The van der Waals surface area contributed by atoms with Crippen LogP contribution < -0.4 is 4.74 Å². The molecule has 0 unspecified atom stereocenters. The molecule has 2 aliphatic heterocycles. The molecule has 2 amide bonds. The van der Waals surface area contributed by atoms with E-state index in [0.717, 1.165) is 53.0 Å². The third-order valence-electron chi connectivity index (χ3n) is 3.22. The minimum Gasteiger partial charge on any atom is -0.493 e. The summed E-state index contributed by atoms with van der Waals surface area (Å²) in [5.74, 6) is 0.691. The number of rotatable bonds is 1. The minimum absolute atomic E-state index is 0.224. The van der Waals surface area contributed by atoms with Gasteiger partial charge in [0.2, 0.25) is 0 Å². The second-order valence-corrected chi connectivity index (χ2v) is 5.55. The van der Waals surface area contributed by atoms with E-state index in [1.165, 1.54) is 7.05 Å². The summed E-state index contributed by atoms with van der Waals surface area (Å²) in [6, 6.07) is 5.86. The molecule has 2 aliphatic rings. The lowest BCUT2D eigenvalue weighted by molar-refractivity contribution is -0.121. The van der Waals surface area contributed by atoms with Gasteiger partial charge in [-0.1, -0.05) is 6.07 Å². The molecule has 4 nitrogen and oxygen atoms in total. The number of aryl methyl sites for hydroxylation is 1. The summed E-state index contributed by atoms with van der Waals surface area (Å²) in [5.41, 5.74) is 2.10. The van der Waals surface area contributed by atoms with Gasteiger partial charge in [-0.2, -0.15) is 0 Å². The van der Waals surface area contributed by atoms with Gasteiger partial charge in [0.05, 0.1) is 11.5 Å². The van der Waals surface area contributed by atoms with E-state index < -0.39 is 0 Å². The van der Waals surface area contributed by atoms with Crippen molar-refractivity contribution in [2.24, 2.45) is 0 Å². The van der Waals surface area contributed by atoms with Crippen LogP contribution >= 0.6 is 11.8 Å². The number of fused-ring (bicyclic) bond motifs is 1. The zero-order chi connectivity index (χ0) is 13.4. The molecule has 1 aromatic rings. The van der Waals surface area contributed by atoms with Gasteiger partial charge in [0.15, 0.2) is 0 Å². The predicted octanol–water partition coefficient (Wildman–Crippen LogP) is 2.68. The van der Waals surface area contributed by atoms with E-state index in [4.69, 9.17) is 4.74 Å². The summed E-state index contributed by atoms with van der Waals surface area (Å²) in [4.78, 5) is 24.8. The molecule has 19 heavy (non-hydrogen) atoms. The lowest BCUT2D eigenvalue weighted by Gasteiger charge is -2.17. The van der Waals surface area contributed by atoms with Crippen LogP contribution in [0.2, 0.25) is 0 Å². The number of hydrogen-bond acceptors (Lipinski definition) is 4. The Kier molecular flexibility index (Phi) is 3.06. The highest BCUT2D eigenvalue weighted by atomic mass is 32.2. The van der Waals surface area contributed by atoms with E-state index in [0.29, 0.717) is 4.91 Å². The van der Waals surface area contributed by atoms with Crippen LogP contribution in [0.15, 0.2) is 23.1 Å². The van der Waals surface area contributed by atoms with Gasteiger partial charge in [0.25, 0.3) is 11.1 Å². The Morgan fingerprint density at radius 1 is 1.37 bits per heavy atom. The standard InChI is InChI=1S/C14H13NO3S/c1-15-13(16)12(19-14(15)17)8-9-4-5-11-10(7-9)3-2-6-18-11/h4-5,7-8H,2-3,6H2,1H3. The summed E-state index contributed by atoms with van der Waals surface area (Å²) >= 11 is 0.981. The molecular weight excluding hydrogens is 262 g/mol. The number of nitrogens with zero attached hydrogens (tertiary/aromatic N) is 1. The smallest absolute Gasteiger partial charge is 0.293 e. The number of imide groups is 1. The van der Waals surface area contributed by atoms with Crippen molar-refractivity contribution < 1.29 is 14.3 Å². The van der Waals surface area contributed by atoms with Crippen molar-refractivity contribution in [3.63, 3.8) is 0 Å². The molecule has 98 valence electrons. The maximum absolute atomic E-state index is 11.8. The molecule has 0 N–H and O–H groups in total. The van der Waals surface area contributed by atoms with Crippen LogP contribution in [0.4, 0.5) is 4.79 Å². The summed E-state index contributed by atoms with van der Waals surface area (Å²) in [6.45, 7) is 0.765. The normalized spacial score (nSPS) is 20.7. The van der Waals surface area contributed by atoms with E-state index >= 15 is 0 Å². The average molecular weight is 275 g/mol. The topological polar surface area (TPSA) is 46.6 Å². The highest BCUT2D eigenvalue weighted by molar-refractivity contribution is 8.18. The summed E-state index contributed by atoms with van der Waals surface area (Å²) in [5, 5.41) is -0.224. The lowest BCUT2D eigenvalue weighted by atomic mass is 10.0. The highest BCUT2D eigenvalue weighted by Gasteiger charge is 2.31. The number of benzene rings is 1. The molecule has 0 spiro atoms. The van der Waals surface area contributed by atoms with Crippen LogP contribution in [0.5, 0.6) is 5.75 Å². The van der Waals surface area contributed by atoms with Crippen molar-refractivity contribution in [3.05, 3.63) is 34.2 Å². The molecule has 1 saturated heterocycles. The Bertz CT molecular complexity index is 594. The molecule has 0 saturated carbocycles. The lowest BCUT2D eigenvalue weighted by Crippen LogP contribution is -2.22. The first kappa shape index (κ1) is 12.3. The Labute approximate surface area is 115 Å². The fourth-order valence-electron chi connectivity index (χ4n) is 2.17. The van der Waals surface area contributed by atoms with Gasteiger partial charge >= 0.3 is 0 Å². The maximum Gasteiger partial charge on any atom is 0.293 e. The Morgan fingerprint density at radius 2 is 2.21 bits per heavy atom. The molecule has 0 aliphatic carbocycles. The first-order valence-corrected chi connectivity index (χ1v) is 6.94. The van der Waals surface area contributed by atoms with E-state index in [2.05, 4.69) is 0 Å². The number of thioether (sulfide) groups is 1. The molecule has 5 heteroatoms. The van der Waals surface area contributed by atoms with Crippen molar-refractivity contribution in [2.45, 2.75) is 12.8 Å². The van der Waals surface area contributed by atoms with Gasteiger partial charge in [-0.15, -0.1) is 0 Å². The Balaban J connectivity index is 1.91. The number of carbonyl (C=O) groups is 2. The molecule has 3 rings (SSSR count). The van der Waals surface area contributed by atoms with Crippen molar-refractivity contribution in [1.29, 1.82) is 0 Å².